The van der Waals surface area contributed by atoms with Gasteiger partial charge >= 0.3 is 0 Å². The number of non-ortho nitro benzene ring substituents is 1. The van der Waals surface area contributed by atoms with Crippen LogP contribution in [0.1, 0.15) is 0 Å². The third-order valence-corrected chi connectivity index (χ3v) is 2.74. The van der Waals surface area contributed by atoms with Crippen LogP contribution >= 0.6 is 11.5 Å². The van der Waals surface area contributed by atoms with Gasteiger partial charge in [0.25, 0.3) is 5.69 Å². The topological polar surface area (TPSA) is 91.3 Å². The number of anilines is 1. The molecule has 0 aliphatic rings. The highest BCUT2D eigenvalue weighted by atomic mass is 32.1. The van der Waals surface area contributed by atoms with Crippen LogP contribution in [0.4, 0.5) is 11.4 Å². The van der Waals surface area contributed by atoms with Gasteiger partial charge in [0.05, 0.1) is 27.8 Å². The summed E-state index contributed by atoms with van der Waals surface area (Å²) in [7, 11) is 1.48. The fraction of sp³-hybridized carbons (Fsp3) is 0.125. The van der Waals surface area contributed by atoms with Crippen molar-refractivity contribution in [2.75, 3.05) is 12.8 Å². The maximum Gasteiger partial charge on any atom is 0.273 e. The second kappa shape index (κ2) is 3.35. The second-order valence-corrected chi connectivity index (χ2v) is 3.66. The van der Waals surface area contributed by atoms with Crippen molar-refractivity contribution in [2.45, 2.75) is 0 Å². The maximum atomic E-state index is 10.6. The molecule has 0 fully saturated rings. The minimum absolute atomic E-state index is 0.0358. The number of nitro benzene ring substituents is 1. The van der Waals surface area contributed by atoms with Crippen LogP contribution in [0.2, 0.25) is 0 Å². The van der Waals surface area contributed by atoms with Gasteiger partial charge in [0.1, 0.15) is 0 Å². The van der Waals surface area contributed by atoms with Gasteiger partial charge in [0.2, 0.25) is 5.88 Å². The summed E-state index contributed by atoms with van der Waals surface area (Å²) in [6.07, 6.45) is 0. The number of ether oxygens (including phenoxy) is 1. The highest BCUT2D eigenvalue weighted by Crippen LogP contribution is 2.36. The van der Waals surface area contributed by atoms with Gasteiger partial charge in [-0.1, -0.05) is 0 Å². The maximum absolute atomic E-state index is 10.6. The van der Waals surface area contributed by atoms with E-state index in [0.29, 0.717) is 21.7 Å². The number of fused-ring (bicyclic) bond motifs is 1. The molecular formula is C8H7N3O3S. The SMILES string of the molecule is COc1nsc2cc([N+](=O)[O-])cc(N)c12. The zero-order chi connectivity index (χ0) is 11.0. The van der Waals surface area contributed by atoms with Crippen molar-refractivity contribution < 1.29 is 9.66 Å². The molecule has 1 heterocycles. The largest absolute Gasteiger partial charge is 0.480 e. The first-order valence-electron chi connectivity index (χ1n) is 4.00. The number of methoxy groups -OCH3 is 1. The molecular weight excluding hydrogens is 218 g/mol. The van der Waals surface area contributed by atoms with Crippen LogP contribution in [0.3, 0.4) is 0 Å². The van der Waals surface area contributed by atoms with Gasteiger partial charge in [0, 0.05) is 12.1 Å². The molecule has 1 aromatic heterocycles. The Kier molecular flexibility index (Phi) is 2.16. The normalized spacial score (nSPS) is 10.5. The fourth-order valence-electron chi connectivity index (χ4n) is 1.30. The molecule has 2 aromatic rings. The monoisotopic (exact) mass is 225 g/mol. The van der Waals surface area contributed by atoms with Crippen LogP contribution in [0.15, 0.2) is 12.1 Å². The van der Waals surface area contributed by atoms with E-state index in [1.165, 1.54) is 19.2 Å². The highest BCUT2D eigenvalue weighted by Gasteiger charge is 2.15. The Balaban J connectivity index is 2.74. The van der Waals surface area contributed by atoms with Crippen molar-refractivity contribution in [2.24, 2.45) is 0 Å². The summed E-state index contributed by atoms with van der Waals surface area (Å²) in [5.74, 6) is 0.405. The number of hydrogen-bond acceptors (Lipinski definition) is 6. The third kappa shape index (κ3) is 1.46. The Labute approximate surface area is 88.6 Å². The number of nitrogen functional groups attached to an aromatic ring is 1. The Bertz CT molecular complexity index is 537. The smallest absolute Gasteiger partial charge is 0.273 e. The molecule has 2 rings (SSSR count). The van der Waals surface area contributed by atoms with Crippen molar-refractivity contribution in [3.05, 3.63) is 22.2 Å². The van der Waals surface area contributed by atoms with E-state index in [-0.39, 0.29) is 5.69 Å². The van der Waals surface area contributed by atoms with Crippen LogP contribution < -0.4 is 10.5 Å². The van der Waals surface area contributed by atoms with E-state index in [4.69, 9.17) is 10.5 Å². The lowest BCUT2D eigenvalue weighted by atomic mass is 10.2. The minimum Gasteiger partial charge on any atom is -0.480 e. The van der Waals surface area contributed by atoms with Gasteiger partial charge in [-0.3, -0.25) is 10.1 Å². The Morgan fingerprint density at radius 2 is 2.33 bits per heavy atom. The summed E-state index contributed by atoms with van der Waals surface area (Å²) in [4.78, 5) is 10.1. The number of nitro groups is 1. The lowest BCUT2D eigenvalue weighted by molar-refractivity contribution is -0.384. The molecule has 0 saturated carbocycles. The molecule has 15 heavy (non-hydrogen) atoms. The lowest BCUT2D eigenvalue weighted by Crippen LogP contribution is -1.92. The molecule has 78 valence electrons. The molecule has 0 bridgehead atoms. The summed E-state index contributed by atoms with van der Waals surface area (Å²) in [6.45, 7) is 0. The van der Waals surface area contributed by atoms with Gasteiger partial charge < -0.3 is 10.5 Å². The van der Waals surface area contributed by atoms with Crippen LogP contribution in [0.25, 0.3) is 10.1 Å². The number of hydrogen-bond donors (Lipinski definition) is 1. The summed E-state index contributed by atoms with van der Waals surface area (Å²) in [5, 5.41) is 11.2. The summed E-state index contributed by atoms with van der Waals surface area (Å²) in [6, 6.07) is 2.74. The molecule has 0 unspecified atom stereocenters. The third-order valence-electron chi connectivity index (χ3n) is 1.96. The Hall–Kier alpha value is -1.89. The molecule has 0 amide bonds. The van der Waals surface area contributed by atoms with E-state index in [9.17, 15) is 10.1 Å². The minimum atomic E-state index is -0.484. The van der Waals surface area contributed by atoms with Crippen molar-refractivity contribution in [1.29, 1.82) is 0 Å². The van der Waals surface area contributed by atoms with E-state index in [1.807, 2.05) is 0 Å². The average molecular weight is 225 g/mol. The molecule has 0 aliphatic carbocycles. The van der Waals surface area contributed by atoms with Gasteiger partial charge in [-0.05, 0) is 11.5 Å². The Morgan fingerprint density at radius 1 is 1.60 bits per heavy atom. The first kappa shape index (κ1) is 9.66. The number of rotatable bonds is 2. The molecule has 7 heteroatoms. The summed E-state index contributed by atoms with van der Waals surface area (Å²) >= 11 is 1.12. The molecule has 1 aromatic carbocycles. The molecule has 2 N–H and O–H groups in total. The molecule has 6 nitrogen and oxygen atoms in total. The van der Waals surface area contributed by atoms with Crippen molar-refractivity contribution in [3.63, 3.8) is 0 Å². The van der Waals surface area contributed by atoms with Crippen molar-refractivity contribution in [1.82, 2.24) is 4.37 Å². The van der Waals surface area contributed by atoms with E-state index in [0.717, 1.165) is 11.5 Å². The average Bonchev–Trinajstić information content (AvgIpc) is 2.60. The summed E-state index contributed by atoms with van der Waals surface area (Å²) < 4.78 is 9.64. The molecule has 0 spiro atoms. The van der Waals surface area contributed by atoms with E-state index in [1.54, 1.807) is 0 Å². The van der Waals surface area contributed by atoms with Crippen LogP contribution in [0, 0.1) is 10.1 Å². The van der Waals surface area contributed by atoms with Crippen molar-refractivity contribution in [3.8, 4) is 5.88 Å². The molecule has 0 aliphatic heterocycles. The first-order chi connectivity index (χ1) is 7.13. The molecule has 0 radical (unpaired) electrons. The zero-order valence-corrected chi connectivity index (χ0v) is 8.58. The summed E-state index contributed by atoms with van der Waals surface area (Å²) in [5.41, 5.74) is 5.97. The predicted molar refractivity (Wildman–Crippen MR) is 57.2 cm³/mol. The predicted octanol–water partition coefficient (Wildman–Crippen LogP) is 1.80. The zero-order valence-electron chi connectivity index (χ0n) is 7.76. The van der Waals surface area contributed by atoms with Gasteiger partial charge in [-0.15, -0.1) is 0 Å². The van der Waals surface area contributed by atoms with Gasteiger partial charge in [-0.25, -0.2) is 0 Å². The number of nitrogens with two attached hydrogens (primary N) is 1. The second-order valence-electron chi connectivity index (χ2n) is 2.86. The lowest BCUT2D eigenvalue weighted by Gasteiger charge is -1.98. The number of aromatic nitrogens is 1. The Morgan fingerprint density at radius 3 is 2.93 bits per heavy atom. The van der Waals surface area contributed by atoms with Crippen LogP contribution in [0.5, 0.6) is 5.88 Å². The first-order valence-corrected chi connectivity index (χ1v) is 4.78. The number of nitrogens with zero attached hydrogens (tertiary/aromatic N) is 2. The quantitative estimate of drug-likeness (QED) is 0.478. The van der Waals surface area contributed by atoms with Crippen molar-refractivity contribution >= 4 is 33.0 Å². The van der Waals surface area contributed by atoms with Gasteiger partial charge in [-0.2, -0.15) is 4.37 Å². The number of benzene rings is 1. The van der Waals surface area contributed by atoms with Crippen LogP contribution in [-0.2, 0) is 0 Å². The molecule has 0 saturated heterocycles. The fourth-order valence-corrected chi connectivity index (χ4v) is 2.12. The van der Waals surface area contributed by atoms with E-state index >= 15 is 0 Å². The molecule has 0 atom stereocenters. The van der Waals surface area contributed by atoms with E-state index in [2.05, 4.69) is 4.37 Å². The highest BCUT2D eigenvalue weighted by molar-refractivity contribution is 7.13. The van der Waals surface area contributed by atoms with Crippen LogP contribution in [-0.4, -0.2) is 16.4 Å². The standard InChI is InChI=1S/C8H7N3O3S/c1-14-8-7-5(9)2-4(11(12)13)3-6(7)15-10-8/h2-3H,9H2,1H3. The van der Waals surface area contributed by atoms with E-state index < -0.39 is 4.92 Å². The van der Waals surface area contributed by atoms with Gasteiger partial charge in [0.15, 0.2) is 0 Å².